The highest BCUT2D eigenvalue weighted by atomic mass is 32.2. The first-order valence-corrected chi connectivity index (χ1v) is 11.1. The summed E-state index contributed by atoms with van der Waals surface area (Å²) < 4.78 is 16.4. The first-order chi connectivity index (χ1) is 15.2. The van der Waals surface area contributed by atoms with Gasteiger partial charge in [-0.15, -0.1) is 10.2 Å². The number of fused-ring (bicyclic) bond motifs is 1. The van der Waals surface area contributed by atoms with Crippen molar-refractivity contribution in [2.75, 3.05) is 43.6 Å². The number of aryl methyl sites for hydroxylation is 1. The summed E-state index contributed by atoms with van der Waals surface area (Å²) >= 11 is 1.26. The largest absolute Gasteiger partial charge is 0.454 e. The topological polar surface area (TPSA) is 80.9 Å². The molecular weight excluding hydrogens is 416 g/mol. The Labute approximate surface area is 184 Å². The predicted octanol–water partition coefficient (Wildman–Crippen LogP) is 3.21. The van der Waals surface area contributed by atoms with Crippen molar-refractivity contribution in [1.82, 2.24) is 15.1 Å². The zero-order valence-electron chi connectivity index (χ0n) is 17.1. The molecule has 31 heavy (non-hydrogen) atoms. The van der Waals surface area contributed by atoms with Gasteiger partial charge in [0.1, 0.15) is 0 Å². The Morgan fingerprint density at radius 2 is 1.87 bits per heavy atom. The van der Waals surface area contributed by atoms with Crippen LogP contribution in [-0.4, -0.2) is 59.7 Å². The number of thioether (sulfide) groups is 1. The van der Waals surface area contributed by atoms with Crippen LogP contribution < -0.4 is 14.4 Å². The van der Waals surface area contributed by atoms with Crippen molar-refractivity contribution >= 4 is 23.4 Å². The summed E-state index contributed by atoms with van der Waals surface area (Å²) in [5.41, 5.74) is 3.21. The Morgan fingerprint density at radius 1 is 1.03 bits per heavy atom. The molecule has 8 nitrogen and oxygen atoms in total. The molecule has 2 aliphatic rings. The van der Waals surface area contributed by atoms with Crippen LogP contribution >= 0.6 is 11.8 Å². The average molecular weight is 439 g/mol. The SMILES string of the molecule is Cc1cccc(N2CCN(C(=O)CSc3nnc(-c4ccc5c(c4)OCO5)o3)CC2)c1. The molecule has 1 saturated heterocycles. The zero-order valence-corrected chi connectivity index (χ0v) is 17.9. The van der Waals surface area contributed by atoms with Crippen LogP contribution in [0.4, 0.5) is 5.69 Å². The molecule has 2 aliphatic heterocycles. The highest BCUT2D eigenvalue weighted by molar-refractivity contribution is 7.99. The third kappa shape index (κ3) is 4.32. The summed E-state index contributed by atoms with van der Waals surface area (Å²) in [6.07, 6.45) is 0. The summed E-state index contributed by atoms with van der Waals surface area (Å²) in [6.45, 7) is 5.38. The molecule has 1 aromatic heterocycles. The molecule has 0 bridgehead atoms. The van der Waals surface area contributed by atoms with E-state index in [2.05, 4.69) is 46.3 Å². The summed E-state index contributed by atoms with van der Waals surface area (Å²) in [6, 6.07) is 13.9. The third-order valence-electron chi connectivity index (χ3n) is 5.34. The van der Waals surface area contributed by atoms with Crippen molar-refractivity contribution in [2.45, 2.75) is 12.1 Å². The Balaban J connectivity index is 1.14. The third-order valence-corrected chi connectivity index (χ3v) is 6.15. The lowest BCUT2D eigenvalue weighted by Crippen LogP contribution is -2.49. The molecular formula is C22H22N4O4S. The number of benzene rings is 2. The van der Waals surface area contributed by atoms with Gasteiger partial charge in [0.15, 0.2) is 11.5 Å². The van der Waals surface area contributed by atoms with Gasteiger partial charge in [0.05, 0.1) is 5.75 Å². The average Bonchev–Trinajstić information content (AvgIpc) is 3.46. The first-order valence-electron chi connectivity index (χ1n) is 10.1. The molecule has 1 fully saturated rings. The van der Waals surface area contributed by atoms with Crippen molar-refractivity contribution < 1.29 is 18.7 Å². The van der Waals surface area contributed by atoms with Crippen LogP contribution in [0.5, 0.6) is 11.5 Å². The maximum absolute atomic E-state index is 12.6. The van der Waals surface area contributed by atoms with E-state index in [0.717, 1.165) is 18.7 Å². The minimum Gasteiger partial charge on any atom is -0.454 e. The van der Waals surface area contributed by atoms with Crippen molar-refractivity contribution in [3.63, 3.8) is 0 Å². The summed E-state index contributed by atoms with van der Waals surface area (Å²) in [7, 11) is 0. The maximum atomic E-state index is 12.6. The van der Waals surface area contributed by atoms with E-state index in [4.69, 9.17) is 13.9 Å². The summed E-state index contributed by atoms with van der Waals surface area (Å²) in [4.78, 5) is 16.9. The maximum Gasteiger partial charge on any atom is 0.277 e. The van der Waals surface area contributed by atoms with Gasteiger partial charge in [0, 0.05) is 37.4 Å². The van der Waals surface area contributed by atoms with E-state index in [1.165, 1.54) is 23.0 Å². The number of nitrogens with zero attached hydrogens (tertiary/aromatic N) is 4. The number of anilines is 1. The molecule has 2 aromatic carbocycles. The molecule has 3 heterocycles. The fourth-order valence-corrected chi connectivity index (χ4v) is 4.33. The van der Waals surface area contributed by atoms with Gasteiger partial charge in [-0.2, -0.15) is 0 Å². The number of carbonyl (C=O) groups is 1. The number of rotatable bonds is 5. The van der Waals surface area contributed by atoms with Crippen LogP contribution in [0.25, 0.3) is 11.5 Å². The van der Waals surface area contributed by atoms with Crippen LogP contribution in [0, 0.1) is 6.92 Å². The predicted molar refractivity (Wildman–Crippen MR) is 117 cm³/mol. The second-order valence-electron chi connectivity index (χ2n) is 7.44. The number of carbonyl (C=O) groups excluding carboxylic acids is 1. The fourth-order valence-electron chi connectivity index (χ4n) is 3.67. The first kappa shape index (κ1) is 19.7. The number of piperazine rings is 1. The Morgan fingerprint density at radius 3 is 2.71 bits per heavy atom. The lowest BCUT2D eigenvalue weighted by molar-refractivity contribution is -0.128. The Kier molecular flexibility index (Phi) is 5.42. The quantitative estimate of drug-likeness (QED) is 0.562. The van der Waals surface area contributed by atoms with E-state index in [0.29, 0.717) is 35.7 Å². The highest BCUT2D eigenvalue weighted by Crippen LogP contribution is 2.36. The second kappa shape index (κ2) is 8.50. The van der Waals surface area contributed by atoms with Crippen molar-refractivity contribution in [1.29, 1.82) is 0 Å². The lowest BCUT2D eigenvalue weighted by atomic mass is 10.2. The summed E-state index contributed by atoms with van der Waals surface area (Å²) in [5, 5.41) is 8.52. The Hall–Kier alpha value is -3.20. The van der Waals surface area contributed by atoms with Gasteiger partial charge in [0.25, 0.3) is 5.22 Å². The number of aromatic nitrogens is 2. The molecule has 0 N–H and O–H groups in total. The molecule has 0 spiro atoms. The van der Waals surface area contributed by atoms with Gasteiger partial charge in [-0.05, 0) is 42.8 Å². The van der Waals surface area contributed by atoms with Gasteiger partial charge < -0.3 is 23.7 Å². The van der Waals surface area contributed by atoms with E-state index in [9.17, 15) is 4.79 Å². The van der Waals surface area contributed by atoms with Crippen LogP contribution in [0.2, 0.25) is 0 Å². The fraction of sp³-hybridized carbons (Fsp3) is 0.318. The molecule has 0 aliphatic carbocycles. The molecule has 0 saturated carbocycles. The van der Waals surface area contributed by atoms with Crippen LogP contribution in [0.3, 0.4) is 0 Å². The van der Waals surface area contributed by atoms with Crippen LogP contribution in [0.1, 0.15) is 5.56 Å². The van der Waals surface area contributed by atoms with Gasteiger partial charge in [-0.25, -0.2) is 0 Å². The zero-order chi connectivity index (χ0) is 21.2. The Bertz CT molecular complexity index is 1090. The molecule has 1 amide bonds. The molecule has 0 radical (unpaired) electrons. The van der Waals surface area contributed by atoms with E-state index < -0.39 is 0 Å². The van der Waals surface area contributed by atoms with Crippen molar-refractivity contribution in [3.05, 3.63) is 48.0 Å². The molecule has 3 aromatic rings. The minimum atomic E-state index is 0.0803. The normalized spacial score (nSPS) is 15.4. The molecule has 0 unspecified atom stereocenters. The molecule has 0 atom stereocenters. The number of amides is 1. The minimum absolute atomic E-state index is 0.0803. The lowest BCUT2D eigenvalue weighted by Gasteiger charge is -2.36. The second-order valence-corrected chi connectivity index (χ2v) is 8.36. The van der Waals surface area contributed by atoms with E-state index in [-0.39, 0.29) is 18.5 Å². The highest BCUT2D eigenvalue weighted by Gasteiger charge is 2.22. The van der Waals surface area contributed by atoms with Crippen molar-refractivity contribution in [2.24, 2.45) is 0 Å². The molecule has 5 rings (SSSR count). The van der Waals surface area contributed by atoms with Crippen LogP contribution in [0.15, 0.2) is 52.1 Å². The van der Waals surface area contributed by atoms with Gasteiger partial charge in [0.2, 0.25) is 18.6 Å². The smallest absolute Gasteiger partial charge is 0.277 e. The van der Waals surface area contributed by atoms with Gasteiger partial charge in [-0.1, -0.05) is 23.9 Å². The number of hydrogen-bond donors (Lipinski definition) is 0. The monoisotopic (exact) mass is 438 g/mol. The van der Waals surface area contributed by atoms with E-state index >= 15 is 0 Å². The van der Waals surface area contributed by atoms with E-state index in [1.54, 1.807) is 0 Å². The summed E-state index contributed by atoms with van der Waals surface area (Å²) in [5.74, 6) is 2.10. The van der Waals surface area contributed by atoms with Crippen LogP contribution in [-0.2, 0) is 4.79 Å². The van der Waals surface area contributed by atoms with Gasteiger partial charge >= 0.3 is 0 Å². The van der Waals surface area contributed by atoms with E-state index in [1.807, 2.05) is 23.1 Å². The molecule has 9 heteroatoms. The van der Waals surface area contributed by atoms with Crippen molar-refractivity contribution in [3.8, 4) is 23.0 Å². The molecule has 160 valence electrons. The standard InChI is InChI=1S/C22H22N4O4S/c1-15-3-2-4-17(11-15)25-7-9-26(10-8-25)20(27)13-31-22-24-23-21(30-22)16-5-6-18-19(12-16)29-14-28-18/h2-6,11-12H,7-10,13-14H2,1H3. The number of hydrogen-bond acceptors (Lipinski definition) is 8. The van der Waals surface area contributed by atoms with Gasteiger partial charge in [-0.3, -0.25) is 4.79 Å². The number of ether oxygens (including phenoxy) is 2.